The topological polar surface area (TPSA) is 128 Å². The first-order valence-electron chi connectivity index (χ1n) is 9.80. The summed E-state index contributed by atoms with van der Waals surface area (Å²) in [6, 6.07) is 12.1. The van der Waals surface area contributed by atoms with Crippen molar-refractivity contribution < 1.29 is 19.8 Å². The number of hydrogen-bond acceptors (Lipinski definition) is 6. The van der Waals surface area contributed by atoms with Gasteiger partial charge in [0.2, 0.25) is 5.91 Å². The van der Waals surface area contributed by atoms with Gasteiger partial charge in [0.25, 0.3) is 5.91 Å². The number of aromatic hydroxyl groups is 1. The van der Waals surface area contributed by atoms with Crippen molar-refractivity contribution in [3.8, 4) is 5.75 Å². The van der Waals surface area contributed by atoms with E-state index in [1.807, 2.05) is 38.2 Å². The quantitative estimate of drug-likeness (QED) is 0.404. The van der Waals surface area contributed by atoms with Crippen LogP contribution >= 0.6 is 0 Å². The van der Waals surface area contributed by atoms with Crippen molar-refractivity contribution in [1.82, 2.24) is 5.32 Å². The highest BCUT2D eigenvalue weighted by molar-refractivity contribution is 5.95. The van der Waals surface area contributed by atoms with Gasteiger partial charge in [-0.05, 0) is 55.3 Å². The third-order valence-corrected chi connectivity index (χ3v) is 4.86. The Bertz CT molecular complexity index is 870. The number of rotatable bonds is 10. The standard InChI is InChI=1S/C22H30N4O4/c1-14(10-11-26(3)18-7-5-17(6-8-18)25-15(2)27)24-13-21(29)16-4-9-20(28)19(12-16)22(23)30/h4-9,12,14,21,24,28-29H,10-11,13H2,1-3H3,(H2,23,30)(H,25,27). The molecular weight excluding hydrogens is 384 g/mol. The number of aliphatic hydroxyl groups is 1. The third-order valence-electron chi connectivity index (χ3n) is 4.86. The molecule has 0 saturated carbocycles. The number of amides is 2. The number of phenols is 1. The van der Waals surface area contributed by atoms with Crippen molar-refractivity contribution in [2.45, 2.75) is 32.4 Å². The van der Waals surface area contributed by atoms with Gasteiger partial charge < -0.3 is 31.5 Å². The molecule has 0 spiro atoms. The van der Waals surface area contributed by atoms with Crippen molar-refractivity contribution in [2.75, 3.05) is 30.4 Å². The molecule has 2 aromatic carbocycles. The summed E-state index contributed by atoms with van der Waals surface area (Å²) in [5.74, 6) is -1.04. The van der Waals surface area contributed by atoms with Crippen LogP contribution in [0.4, 0.5) is 11.4 Å². The summed E-state index contributed by atoms with van der Waals surface area (Å²) in [6.07, 6.45) is 0.0175. The fraction of sp³-hybridized carbons (Fsp3) is 0.364. The number of benzene rings is 2. The fourth-order valence-corrected chi connectivity index (χ4v) is 3.01. The van der Waals surface area contributed by atoms with Gasteiger partial charge in [-0.3, -0.25) is 9.59 Å². The monoisotopic (exact) mass is 414 g/mol. The number of aliphatic hydroxyl groups excluding tert-OH is 1. The predicted octanol–water partition coefficient (Wildman–Crippen LogP) is 1.99. The molecule has 2 amide bonds. The average Bonchev–Trinajstić information content (AvgIpc) is 2.70. The molecule has 8 nitrogen and oxygen atoms in total. The predicted molar refractivity (Wildman–Crippen MR) is 118 cm³/mol. The van der Waals surface area contributed by atoms with E-state index in [0.717, 1.165) is 24.3 Å². The Balaban J connectivity index is 1.81. The van der Waals surface area contributed by atoms with Crippen molar-refractivity contribution in [3.05, 3.63) is 53.6 Å². The highest BCUT2D eigenvalue weighted by Crippen LogP contribution is 2.22. The van der Waals surface area contributed by atoms with Crippen LogP contribution in [0.2, 0.25) is 0 Å². The Morgan fingerprint density at radius 2 is 1.83 bits per heavy atom. The molecule has 30 heavy (non-hydrogen) atoms. The van der Waals surface area contributed by atoms with E-state index in [1.165, 1.54) is 19.1 Å². The molecule has 0 heterocycles. The molecular formula is C22H30N4O4. The number of nitrogens with two attached hydrogens (primary N) is 1. The van der Waals surface area contributed by atoms with Crippen LogP contribution in [0.5, 0.6) is 5.75 Å². The molecule has 0 aromatic heterocycles. The smallest absolute Gasteiger partial charge is 0.252 e. The Morgan fingerprint density at radius 3 is 2.43 bits per heavy atom. The number of anilines is 2. The zero-order valence-corrected chi connectivity index (χ0v) is 17.6. The summed E-state index contributed by atoms with van der Waals surface area (Å²) in [6.45, 7) is 4.61. The van der Waals surface area contributed by atoms with Gasteiger partial charge in [0.1, 0.15) is 5.75 Å². The zero-order valence-electron chi connectivity index (χ0n) is 17.6. The summed E-state index contributed by atoms with van der Waals surface area (Å²) in [7, 11) is 2.00. The van der Waals surface area contributed by atoms with Crippen molar-refractivity contribution in [1.29, 1.82) is 0 Å². The van der Waals surface area contributed by atoms with Crippen molar-refractivity contribution in [3.63, 3.8) is 0 Å². The van der Waals surface area contributed by atoms with Crippen molar-refractivity contribution in [2.24, 2.45) is 5.73 Å². The molecule has 8 heteroatoms. The van der Waals surface area contributed by atoms with Gasteiger partial charge in [0.15, 0.2) is 0 Å². The van der Waals surface area contributed by atoms with Gasteiger partial charge >= 0.3 is 0 Å². The first-order chi connectivity index (χ1) is 14.2. The molecule has 2 rings (SSSR count). The van der Waals surface area contributed by atoms with Crippen molar-refractivity contribution >= 4 is 23.2 Å². The molecule has 6 N–H and O–H groups in total. The minimum absolute atomic E-state index is 0.00857. The van der Waals surface area contributed by atoms with E-state index in [1.54, 1.807) is 6.07 Å². The largest absolute Gasteiger partial charge is 0.507 e. The second-order valence-electron chi connectivity index (χ2n) is 7.40. The second-order valence-corrected chi connectivity index (χ2v) is 7.40. The lowest BCUT2D eigenvalue weighted by Crippen LogP contribution is -2.33. The molecule has 0 aliphatic carbocycles. The minimum Gasteiger partial charge on any atom is -0.507 e. The minimum atomic E-state index is -0.829. The number of nitrogens with one attached hydrogen (secondary N) is 2. The van der Waals surface area contributed by atoms with Crippen LogP contribution < -0.4 is 21.3 Å². The van der Waals surface area contributed by atoms with E-state index in [0.29, 0.717) is 12.1 Å². The van der Waals surface area contributed by atoms with Gasteiger partial charge in [-0.2, -0.15) is 0 Å². The number of carbonyl (C=O) groups is 2. The van der Waals surface area contributed by atoms with Gasteiger partial charge in [-0.15, -0.1) is 0 Å². The molecule has 0 radical (unpaired) electrons. The molecule has 0 saturated heterocycles. The van der Waals surface area contributed by atoms with Crippen LogP contribution in [0.15, 0.2) is 42.5 Å². The van der Waals surface area contributed by atoms with E-state index in [-0.39, 0.29) is 23.3 Å². The fourth-order valence-electron chi connectivity index (χ4n) is 3.01. The number of nitrogens with zero attached hydrogens (tertiary/aromatic N) is 1. The molecule has 2 aromatic rings. The van der Waals surface area contributed by atoms with Gasteiger partial charge in [-0.1, -0.05) is 6.07 Å². The van der Waals surface area contributed by atoms with Crippen LogP contribution in [0.1, 0.15) is 42.3 Å². The lowest BCUT2D eigenvalue weighted by Gasteiger charge is -2.23. The Hall–Kier alpha value is -3.10. The average molecular weight is 415 g/mol. The number of hydrogen-bond donors (Lipinski definition) is 5. The molecule has 2 unspecified atom stereocenters. The van der Waals surface area contributed by atoms with Crippen LogP contribution in [0, 0.1) is 0 Å². The summed E-state index contributed by atoms with van der Waals surface area (Å²) >= 11 is 0. The van der Waals surface area contributed by atoms with Crippen LogP contribution in [0.3, 0.4) is 0 Å². The van der Waals surface area contributed by atoms with Gasteiger partial charge in [-0.25, -0.2) is 0 Å². The third kappa shape index (κ3) is 6.75. The molecule has 0 fully saturated rings. The normalized spacial score (nSPS) is 12.8. The van der Waals surface area contributed by atoms with E-state index in [2.05, 4.69) is 15.5 Å². The molecule has 0 bridgehead atoms. The van der Waals surface area contributed by atoms with Crippen LogP contribution in [-0.4, -0.2) is 48.2 Å². The Labute approximate surface area is 176 Å². The highest BCUT2D eigenvalue weighted by Gasteiger charge is 2.14. The van der Waals surface area contributed by atoms with Gasteiger partial charge in [0.05, 0.1) is 11.7 Å². The molecule has 2 atom stereocenters. The summed E-state index contributed by atoms with van der Waals surface area (Å²) in [5.41, 5.74) is 7.54. The summed E-state index contributed by atoms with van der Waals surface area (Å²) < 4.78 is 0. The summed E-state index contributed by atoms with van der Waals surface area (Å²) in [4.78, 5) is 24.5. The second kappa shape index (κ2) is 10.6. The molecule has 162 valence electrons. The molecule has 0 aliphatic rings. The lowest BCUT2D eigenvalue weighted by atomic mass is 10.0. The van der Waals surface area contributed by atoms with Crippen LogP contribution in [0.25, 0.3) is 0 Å². The van der Waals surface area contributed by atoms with E-state index < -0.39 is 12.0 Å². The Kier molecular flexibility index (Phi) is 8.20. The maximum absolute atomic E-state index is 11.3. The first-order valence-corrected chi connectivity index (χ1v) is 9.80. The maximum Gasteiger partial charge on any atom is 0.252 e. The first kappa shape index (κ1) is 23.2. The number of carbonyl (C=O) groups excluding carboxylic acids is 2. The highest BCUT2D eigenvalue weighted by atomic mass is 16.3. The maximum atomic E-state index is 11.3. The Morgan fingerprint density at radius 1 is 1.17 bits per heavy atom. The SMILES string of the molecule is CC(=O)Nc1ccc(N(C)CCC(C)NCC(O)c2ccc(O)c(C(N)=O)c2)cc1. The number of primary amides is 1. The molecule has 0 aliphatic heterocycles. The van der Waals surface area contributed by atoms with E-state index >= 15 is 0 Å². The van der Waals surface area contributed by atoms with E-state index in [4.69, 9.17) is 5.73 Å². The van der Waals surface area contributed by atoms with E-state index in [9.17, 15) is 19.8 Å². The van der Waals surface area contributed by atoms with Crippen LogP contribution in [-0.2, 0) is 4.79 Å². The zero-order chi connectivity index (χ0) is 22.3. The van der Waals surface area contributed by atoms with Gasteiger partial charge in [0, 0.05) is 44.5 Å². The lowest BCUT2D eigenvalue weighted by molar-refractivity contribution is -0.114. The summed E-state index contributed by atoms with van der Waals surface area (Å²) in [5, 5.41) is 26.1.